The average molecular weight is 229 g/mol. The monoisotopic (exact) mass is 229 g/mol. The summed E-state index contributed by atoms with van der Waals surface area (Å²) in [5.74, 6) is 0. The molecule has 0 amide bonds. The van der Waals surface area contributed by atoms with Crippen molar-refractivity contribution in [1.29, 1.82) is 0 Å². The highest BCUT2D eigenvalue weighted by molar-refractivity contribution is 5.53. The summed E-state index contributed by atoms with van der Waals surface area (Å²) in [6.45, 7) is 6.39. The maximum atomic E-state index is 4.19. The number of aromatic nitrogens is 2. The summed E-state index contributed by atoms with van der Waals surface area (Å²) in [5.41, 5.74) is 4.96. The number of nitrogens with zero attached hydrogens (tertiary/aromatic N) is 2. The summed E-state index contributed by atoms with van der Waals surface area (Å²) >= 11 is 0. The highest BCUT2D eigenvalue weighted by Gasteiger charge is 2.08. The fraction of sp³-hybridized carbons (Fsp3) is 0.357. The Kier molecular flexibility index (Phi) is 3.18. The number of aryl methyl sites for hydroxylation is 3. The third-order valence-corrected chi connectivity index (χ3v) is 2.98. The fourth-order valence-corrected chi connectivity index (χ4v) is 1.96. The van der Waals surface area contributed by atoms with Crippen molar-refractivity contribution < 1.29 is 0 Å². The number of benzene rings is 1. The Morgan fingerprint density at radius 2 is 2.06 bits per heavy atom. The zero-order chi connectivity index (χ0) is 12.4. The van der Waals surface area contributed by atoms with Crippen molar-refractivity contribution >= 4 is 5.69 Å². The number of anilines is 1. The SMILES string of the molecule is Cc1ccc(NC(C)c2cnn(C)c2)c(C)c1. The zero-order valence-electron chi connectivity index (χ0n) is 10.9. The Labute approximate surface area is 102 Å². The van der Waals surface area contributed by atoms with Crippen molar-refractivity contribution in [2.45, 2.75) is 26.8 Å². The van der Waals surface area contributed by atoms with E-state index in [0.29, 0.717) is 0 Å². The fourth-order valence-electron chi connectivity index (χ4n) is 1.96. The van der Waals surface area contributed by atoms with Crippen LogP contribution in [0.3, 0.4) is 0 Å². The summed E-state index contributed by atoms with van der Waals surface area (Å²) in [7, 11) is 1.94. The normalized spacial score (nSPS) is 12.5. The van der Waals surface area contributed by atoms with Gasteiger partial charge in [-0.25, -0.2) is 0 Å². The summed E-state index contributed by atoms with van der Waals surface area (Å²) in [6, 6.07) is 6.73. The van der Waals surface area contributed by atoms with Crippen LogP contribution < -0.4 is 5.32 Å². The van der Waals surface area contributed by atoms with E-state index in [2.05, 4.69) is 49.4 Å². The quantitative estimate of drug-likeness (QED) is 0.875. The molecule has 0 saturated carbocycles. The molecule has 0 fully saturated rings. The van der Waals surface area contributed by atoms with Gasteiger partial charge in [0.2, 0.25) is 0 Å². The lowest BCUT2D eigenvalue weighted by Crippen LogP contribution is -2.07. The molecule has 0 aliphatic rings. The molecule has 0 spiro atoms. The Morgan fingerprint density at radius 3 is 2.65 bits per heavy atom. The molecule has 3 heteroatoms. The van der Waals surface area contributed by atoms with Gasteiger partial charge in [0.1, 0.15) is 0 Å². The molecule has 1 aromatic carbocycles. The predicted octanol–water partition coefficient (Wildman–Crippen LogP) is 3.21. The van der Waals surface area contributed by atoms with E-state index in [9.17, 15) is 0 Å². The maximum absolute atomic E-state index is 4.19. The van der Waals surface area contributed by atoms with Crippen LogP contribution in [0, 0.1) is 13.8 Å². The second kappa shape index (κ2) is 4.62. The number of rotatable bonds is 3. The first-order valence-corrected chi connectivity index (χ1v) is 5.88. The predicted molar refractivity (Wildman–Crippen MR) is 71.2 cm³/mol. The number of hydrogen-bond acceptors (Lipinski definition) is 2. The van der Waals surface area contributed by atoms with Crippen LogP contribution in [0.4, 0.5) is 5.69 Å². The number of nitrogens with one attached hydrogen (secondary N) is 1. The van der Waals surface area contributed by atoms with Gasteiger partial charge in [0.05, 0.1) is 12.2 Å². The lowest BCUT2D eigenvalue weighted by atomic mass is 10.1. The van der Waals surface area contributed by atoms with Crippen molar-refractivity contribution in [3.63, 3.8) is 0 Å². The smallest absolute Gasteiger partial charge is 0.0542 e. The van der Waals surface area contributed by atoms with Gasteiger partial charge in [-0.2, -0.15) is 5.10 Å². The number of hydrogen-bond donors (Lipinski definition) is 1. The van der Waals surface area contributed by atoms with Crippen LogP contribution in [0.5, 0.6) is 0 Å². The average Bonchev–Trinajstić information content (AvgIpc) is 2.69. The van der Waals surface area contributed by atoms with Gasteiger partial charge < -0.3 is 5.32 Å². The molecule has 2 aromatic rings. The maximum Gasteiger partial charge on any atom is 0.0542 e. The molecule has 1 heterocycles. The van der Waals surface area contributed by atoms with E-state index in [0.717, 1.165) is 0 Å². The van der Waals surface area contributed by atoms with Crippen molar-refractivity contribution in [3.05, 3.63) is 47.3 Å². The molecule has 1 unspecified atom stereocenters. The van der Waals surface area contributed by atoms with Gasteiger partial charge in [0, 0.05) is 24.5 Å². The first-order valence-electron chi connectivity index (χ1n) is 5.88. The first-order chi connectivity index (χ1) is 8.06. The topological polar surface area (TPSA) is 29.9 Å². The van der Waals surface area contributed by atoms with Crippen LogP contribution in [-0.4, -0.2) is 9.78 Å². The van der Waals surface area contributed by atoms with Crippen molar-refractivity contribution in [2.75, 3.05) is 5.32 Å². The van der Waals surface area contributed by atoms with Gasteiger partial charge in [0.15, 0.2) is 0 Å². The molecule has 1 N–H and O–H groups in total. The molecule has 1 atom stereocenters. The lowest BCUT2D eigenvalue weighted by Gasteiger charge is -2.16. The molecule has 1 aromatic heterocycles. The highest BCUT2D eigenvalue weighted by Crippen LogP contribution is 2.22. The van der Waals surface area contributed by atoms with Gasteiger partial charge in [-0.3, -0.25) is 4.68 Å². The van der Waals surface area contributed by atoms with E-state index < -0.39 is 0 Å². The standard InChI is InChI=1S/C14H19N3/c1-10-5-6-14(11(2)7-10)16-12(3)13-8-15-17(4)9-13/h5-9,12,16H,1-4H3. The van der Waals surface area contributed by atoms with Gasteiger partial charge in [-0.05, 0) is 32.4 Å². The Morgan fingerprint density at radius 1 is 1.29 bits per heavy atom. The summed E-state index contributed by atoms with van der Waals surface area (Å²) in [4.78, 5) is 0. The molecular weight excluding hydrogens is 210 g/mol. The molecule has 2 rings (SSSR count). The van der Waals surface area contributed by atoms with Gasteiger partial charge >= 0.3 is 0 Å². The second-order valence-corrected chi connectivity index (χ2v) is 4.63. The van der Waals surface area contributed by atoms with Crippen molar-refractivity contribution in [2.24, 2.45) is 7.05 Å². The molecule has 0 bridgehead atoms. The van der Waals surface area contributed by atoms with E-state index in [1.807, 2.05) is 24.1 Å². The van der Waals surface area contributed by atoms with Crippen molar-refractivity contribution in [3.8, 4) is 0 Å². The zero-order valence-corrected chi connectivity index (χ0v) is 10.9. The molecule has 0 radical (unpaired) electrons. The molecule has 90 valence electrons. The molecule has 0 saturated heterocycles. The lowest BCUT2D eigenvalue weighted by molar-refractivity contribution is 0.765. The summed E-state index contributed by atoms with van der Waals surface area (Å²) in [5, 5.41) is 7.71. The van der Waals surface area contributed by atoms with Gasteiger partial charge in [-0.1, -0.05) is 17.7 Å². The van der Waals surface area contributed by atoms with Crippen LogP contribution in [0.15, 0.2) is 30.6 Å². The van der Waals surface area contributed by atoms with Crippen molar-refractivity contribution in [1.82, 2.24) is 9.78 Å². The molecule has 0 aliphatic heterocycles. The molecule has 0 aliphatic carbocycles. The minimum absolute atomic E-state index is 0.269. The molecule has 3 nitrogen and oxygen atoms in total. The Hall–Kier alpha value is -1.77. The van der Waals surface area contributed by atoms with Crippen LogP contribution in [-0.2, 0) is 7.05 Å². The minimum atomic E-state index is 0.269. The van der Waals surface area contributed by atoms with E-state index in [-0.39, 0.29) is 6.04 Å². The Bertz CT molecular complexity index is 514. The van der Waals surface area contributed by atoms with E-state index in [4.69, 9.17) is 0 Å². The third kappa shape index (κ3) is 2.67. The molecule has 17 heavy (non-hydrogen) atoms. The summed E-state index contributed by atoms with van der Waals surface area (Å²) < 4.78 is 1.83. The first kappa shape index (κ1) is 11.7. The van der Waals surface area contributed by atoms with Crippen LogP contribution in [0.25, 0.3) is 0 Å². The summed E-state index contributed by atoms with van der Waals surface area (Å²) in [6.07, 6.45) is 3.95. The van der Waals surface area contributed by atoms with Crippen LogP contribution in [0.2, 0.25) is 0 Å². The van der Waals surface area contributed by atoms with Crippen LogP contribution >= 0.6 is 0 Å². The third-order valence-electron chi connectivity index (χ3n) is 2.98. The van der Waals surface area contributed by atoms with Gasteiger partial charge in [-0.15, -0.1) is 0 Å². The Balaban J connectivity index is 2.15. The second-order valence-electron chi connectivity index (χ2n) is 4.63. The van der Waals surface area contributed by atoms with E-state index in [1.165, 1.54) is 22.4 Å². The van der Waals surface area contributed by atoms with E-state index in [1.54, 1.807) is 0 Å². The molecular formula is C14H19N3. The van der Waals surface area contributed by atoms with Crippen LogP contribution in [0.1, 0.15) is 29.7 Å². The van der Waals surface area contributed by atoms with Gasteiger partial charge in [0.25, 0.3) is 0 Å². The highest BCUT2D eigenvalue weighted by atomic mass is 15.2. The van der Waals surface area contributed by atoms with E-state index >= 15 is 0 Å². The minimum Gasteiger partial charge on any atom is -0.378 e. The largest absolute Gasteiger partial charge is 0.378 e.